The fourth-order valence-electron chi connectivity index (χ4n) is 8.14. The standard InChI is InChI=1S/C54H38N2/c1-5-17-39(18-6-1)41-29-32-45(33-30-41)55(53-37-44(40-19-7-2-8-20-40)31-35-48(53)43-23-11-4-12-24-43)46-34-36-50-49-26-14-16-28-52(49)56(54(50)38-46)51-27-15-13-25-47(51)42-21-9-3-10-22-42/h1-38H. The first kappa shape index (κ1) is 33.2. The van der Waals surface area contributed by atoms with Crippen molar-refractivity contribution in [3.05, 3.63) is 231 Å². The highest BCUT2D eigenvalue weighted by Crippen LogP contribution is 2.45. The lowest BCUT2D eigenvalue weighted by atomic mass is 9.96. The van der Waals surface area contributed by atoms with E-state index in [4.69, 9.17) is 0 Å². The molecule has 0 bridgehead atoms. The summed E-state index contributed by atoms with van der Waals surface area (Å²) in [6, 6.07) is 83.1. The third-order valence-electron chi connectivity index (χ3n) is 10.8. The van der Waals surface area contributed by atoms with Gasteiger partial charge in [-0.05, 0) is 75.8 Å². The Kier molecular flexibility index (Phi) is 8.55. The second-order valence-electron chi connectivity index (χ2n) is 14.1. The summed E-state index contributed by atoms with van der Waals surface area (Å²) in [5.41, 5.74) is 16.2. The number of fused-ring (bicyclic) bond motifs is 3. The Labute approximate surface area is 327 Å². The average Bonchev–Trinajstić information content (AvgIpc) is 3.61. The number of rotatable bonds is 8. The van der Waals surface area contributed by atoms with Gasteiger partial charge in [-0.2, -0.15) is 0 Å². The topological polar surface area (TPSA) is 8.17 Å². The predicted molar refractivity (Wildman–Crippen MR) is 237 cm³/mol. The van der Waals surface area contributed by atoms with Crippen molar-refractivity contribution in [3.8, 4) is 50.2 Å². The molecule has 0 fully saturated rings. The van der Waals surface area contributed by atoms with Gasteiger partial charge in [-0.3, -0.25) is 0 Å². The van der Waals surface area contributed by atoms with Gasteiger partial charge in [0.15, 0.2) is 0 Å². The van der Waals surface area contributed by atoms with Crippen molar-refractivity contribution in [1.82, 2.24) is 4.57 Å². The molecule has 264 valence electrons. The maximum Gasteiger partial charge on any atom is 0.0562 e. The molecule has 0 unspecified atom stereocenters. The summed E-state index contributed by atoms with van der Waals surface area (Å²) in [5, 5.41) is 2.44. The van der Waals surface area contributed by atoms with Gasteiger partial charge < -0.3 is 9.47 Å². The van der Waals surface area contributed by atoms with Crippen molar-refractivity contribution >= 4 is 38.9 Å². The van der Waals surface area contributed by atoms with E-state index in [0.29, 0.717) is 0 Å². The highest BCUT2D eigenvalue weighted by atomic mass is 15.1. The number of nitrogens with zero attached hydrogens (tertiary/aromatic N) is 2. The van der Waals surface area contributed by atoms with Crippen LogP contribution in [0.1, 0.15) is 0 Å². The van der Waals surface area contributed by atoms with E-state index in [1.165, 1.54) is 49.7 Å². The van der Waals surface area contributed by atoms with E-state index in [1.54, 1.807) is 0 Å². The highest BCUT2D eigenvalue weighted by molar-refractivity contribution is 6.11. The maximum absolute atomic E-state index is 2.45. The minimum absolute atomic E-state index is 1.08. The molecular formula is C54H38N2. The van der Waals surface area contributed by atoms with Crippen LogP contribution in [0.4, 0.5) is 17.1 Å². The molecule has 9 aromatic carbocycles. The molecule has 0 aliphatic rings. The molecule has 0 atom stereocenters. The van der Waals surface area contributed by atoms with E-state index < -0.39 is 0 Å². The Hall–Kier alpha value is -7.42. The molecule has 0 saturated carbocycles. The van der Waals surface area contributed by atoms with Crippen LogP contribution in [-0.2, 0) is 0 Å². The Balaban J connectivity index is 1.25. The molecule has 1 aromatic heterocycles. The fraction of sp³-hybridized carbons (Fsp3) is 0. The summed E-state index contributed by atoms with van der Waals surface area (Å²) in [5.74, 6) is 0. The van der Waals surface area contributed by atoms with Crippen molar-refractivity contribution in [2.24, 2.45) is 0 Å². The summed E-state index contributed by atoms with van der Waals surface area (Å²) in [4.78, 5) is 2.44. The van der Waals surface area contributed by atoms with Crippen LogP contribution in [0.3, 0.4) is 0 Å². The van der Waals surface area contributed by atoms with Crippen molar-refractivity contribution in [2.45, 2.75) is 0 Å². The fourth-order valence-corrected chi connectivity index (χ4v) is 8.14. The van der Waals surface area contributed by atoms with Crippen molar-refractivity contribution < 1.29 is 0 Å². The van der Waals surface area contributed by atoms with Gasteiger partial charge in [0.05, 0.1) is 22.4 Å². The Morgan fingerprint density at radius 3 is 1.45 bits per heavy atom. The lowest BCUT2D eigenvalue weighted by Crippen LogP contribution is -2.12. The van der Waals surface area contributed by atoms with Crippen LogP contribution in [-0.4, -0.2) is 4.57 Å². The number of benzene rings is 9. The Morgan fingerprint density at radius 2 is 0.768 bits per heavy atom. The van der Waals surface area contributed by atoms with E-state index in [-0.39, 0.29) is 0 Å². The van der Waals surface area contributed by atoms with Crippen LogP contribution in [0, 0.1) is 0 Å². The van der Waals surface area contributed by atoms with Gasteiger partial charge in [0.2, 0.25) is 0 Å². The molecule has 56 heavy (non-hydrogen) atoms. The molecule has 0 spiro atoms. The first-order valence-corrected chi connectivity index (χ1v) is 19.2. The average molecular weight is 715 g/mol. The molecular weight excluding hydrogens is 677 g/mol. The zero-order valence-corrected chi connectivity index (χ0v) is 30.8. The minimum Gasteiger partial charge on any atom is -0.310 e. The first-order valence-electron chi connectivity index (χ1n) is 19.2. The Morgan fingerprint density at radius 1 is 0.286 bits per heavy atom. The predicted octanol–water partition coefficient (Wildman–Crippen LogP) is 14.9. The van der Waals surface area contributed by atoms with Gasteiger partial charge in [0.25, 0.3) is 0 Å². The summed E-state index contributed by atoms with van der Waals surface area (Å²) >= 11 is 0. The zero-order valence-electron chi connectivity index (χ0n) is 30.8. The van der Waals surface area contributed by atoms with Crippen LogP contribution < -0.4 is 4.90 Å². The molecule has 0 aliphatic heterocycles. The SMILES string of the molecule is c1ccc(-c2ccc(N(c3ccc4c5ccccc5n(-c5ccccc5-c5ccccc5)c4c3)c3cc(-c4ccccc4)ccc3-c3ccccc3)cc2)cc1. The van der Waals surface area contributed by atoms with E-state index in [2.05, 4.69) is 240 Å². The normalized spacial score (nSPS) is 11.2. The van der Waals surface area contributed by atoms with Crippen molar-refractivity contribution in [1.29, 1.82) is 0 Å². The maximum atomic E-state index is 2.45. The number of anilines is 3. The van der Waals surface area contributed by atoms with Crippen LogP contribution >= 0.6 is 0 Å². The minimum atomic E-state index is 1.08. The monoisotopic (exact) mass is 714 g/mol. The summed E-state index contributed by atoms with van der Waals surface area (Å²) in [6.07, 6.45) is 0. The molecule has 0 N–H and O–H groups in total. The molecule has 0 saturated heterocycles. The summed E-state index contributed by atoms with van der Waals surface area (Å²) < 4.78 is 2.45. The van der Waals surface area contributed by atoms with Crippen LogP contribution in [0.15, 0.2) is 231 Å². The highest BCUT2D eigenvalue weighted by Gasteiger charge is 2.22. The summed E-state index contributed by atoms with van der Waals surface area (Å²) in [7, 11) is 0. The van der Waals surface area contributed by atoms with Gasteiger partial charge in [-0.25, -0.2) is 0 Å². The van der Waals surface area contributed by atoms with Gasteiger partial charge in [-0.1, -0.05) is 188 Å². The van der Waals surface area contributed by atoms with Gasteiger partial charge in [-0.15, -0.1) is 0 Å². The largest absolute Gasteiger partial charge is 0.310 e. The van der Waals surface area contributed by atoms with E-state index in [1.807, 2.05) is 0 Å². The lowest BCUT2D eigenvalue weighted by molar-refractivity contribution is 1.18. The van der Waals surface area contributed by atoms with E-state index >= 15 is 0 Å². The molecule has 10 aromatic rings. The van der Waals surface area contributed by atoms with Crippen LogP contribution in [0.2, 0.25) is 0 Å². The van der Waals surface area contributed by atoms with Crippen LogP contribution in [0.5, 0.6) is 0 Å². The van der Waals surface area contributed by atoms with Crippen molar-refractivity contribution in [3.63, 3.8) is 0 Å². The second kappa shape index (κ2) is 14.4. The molecule has 2 nitrogen and oxygen atoms in total. The molecule has 0 amide bonds. The second-order valence-corrected chi connectivity index (χ2v) is 14.1. The molecule has 0 aliphatic carbocycles. The van der Waals surface area contributed by atoms with Crippen molar-refractivity contribution in [2.75, 3.05) is 4.90 Å². The first-order chi connectivity index (χ1) is 27.8. The Bertz CT molecular complexity index is 2930. The number of para-hydroxylation sites is 2. The number of aromatic nitrogens is 1. The number of hydrogen-bond acceptors (Lipinski definition) is 1. The van der Waals surface area contributed by atoms with E-state index in [0.717, 1.165) is 39.4 Å². The smallest absolute Gasteiger partial charge is 0.0562 e. The number of hydrogen-bond donors (Lipinski definition) is 0. The quantitative estimate of drug-likeness (QED) is 0.152. The van der Waals surface area contributed by atoms with Gasteiger partial charge >= 0.3 is 0 Å². The lowest BCUT2D eigenvalue weighted by Gasteiger charge is -2.29. The molecule has 10 rings (SSSR count). The summed E-state index contributed by atoms with van der Waals surface area (Å²) in [6.45, 7) is 0. The van der Waals surface area contributed by atoms with Crippen LogP contribution in [0.25, 0.3) is 72.0 Å². The molecule has 1 heterocycles. The molecule has 2 heteroatoms. The van der Waals surface area contributed by atoms with E-state index in [9.17, 15) is 0 Å². The zero-order chi connectivity index (χ0) is 37.3. The molecule has 0 radical (unpaired) electrons. The van der Waals surface area contributed by atoms with Gasteiger partial charge in [0.1, 0.15) is 0 Å². The van der Waals surface area contributed by atoms with Gasteiger partial charge in [0, 0.05) is 33.3 Å². The third-order valence-corrected chi connectivity index (χ3v) is 10.8. The third kappa shape index (κ3) is 6.04.